The van der Waals surface area contributed by atoms with Crippen LogP contribution in [0.2, 0.25) is 0 Å². The highest BCUT2D eigenvalue weighted by molar-refractivity contribution is 9.10. The smallest absolute Gasteiger partial charge is 0.266 e. The predicted molar refractivity (Wildman–Crippen MR) is 82.8 cm³/mol. The molecule has 2 N–H and O–H groups in total. The van der Waals surface area contributed by atoms with Crippen molar-refractivity contribution >= 4 is 47.7 Å². The summed E-state index contributed by atoms with van der Waals surface area (Å²) in [7, 11) is -4.18. The molecule has 0 aliphatic rings. The number of nitrogens with zero attached hydrogens (tertiary/aromatic N) is 1. The van der Waals surface area contributed by atoms with Gasteiger partial charge in [0.25, 0.3) is 10.0 Å². The van der Waals surface area contributed by atoms with E-state index >= 15 is 0 Å². The van der Waals surface area contributed by atoms with E-state index in [2.05, 4.69) is 41.6 Å². The number of anilines is 1. The van der Waals surface area contributed by atoms with Gasteiger partial charge in [0.15, 0.2) is 5.82 Å². The topological polar surface area (TPSA) is 79.3 Å². The van der Waals surface area contributed by atoms with Gasteiger partial charge in [-0.05, 0) is 40.2 Å². The minimum absolute atomic E-state index is 0.0439. The van der Waals surface area contributed by atoms with Crippen molar-refractivity contribution in [2.75, 3.05) is 4.72 Å². The highest BCUT2D eigenvalue weighted by atomic mass is 79.9. The van der Waals surface area contributed by atoms with Gasteiger partial charge >= 0.3 is 0 Å². The lowest BCUT2D eigenvalue weighted by Crippen LogP contribution is -2.16. The van der Waals surface area contributed by atoms with Crippen LogP contribution in [0.1, 0.15) is 5.56 Å². The Morgan fingerprint density at radius 1 is 1.33 bits per heavy atom. The van der Waals surface area contributed by atoms with E-state index in [0.29, 0.717) is 8.95 Å². The van der Waals surface area contributed by atoms with Gasteiger partial charge in [0.05, 0.1) is 11.1 Å². The Kier molecular flexibility index (Phi) is 4.97. The maximum atomic E-state index is 14.1. The molecule has 0 atom stereocenters. The fraction of sp³-hybridized carbons (Fsp3) is 0.0833. The van der Waals surface area contributed by atoms with E-state index < -0.39 is 27.3 Å². The first-order valence-corrected chi connectivity index (χ1v) is 8.64. The lowest BCUT2D eigenvalue weighted by Gasteiger charge is -2.11. The van der Waals surface area contributed by atoms with Crippen molar-refractivity contribution in [2.24, 2.45) is 0 Å². The molecule has 1 heterocycles. The Bertz CT molecular complexity index is 784. The number of aliphatic hydroxyl groups is 1. The second-order valence-corrected chi connectivity index (χ2v) is 7.40. The maximum Gasteiger partial charge on any atom is 0.266 e. The number of pyridine rings is 1. The second-order valence-electron chi connectivity index (χ2n) is 3.97. The summed E-state index contributed by atoms with van der Waals surface area (Å²) in [6, 6.07) is 5.64. The van der Waals surface area contributed by atoms with E-state index in [4.69, 9.17) is 5.11 Å². The minimum Gasteiger partial charge on any atom is -0.392 e. The summed E-state index contributed by atoms with van der Waals surface area (Å²) in [6.45, 7) is -0.610. The van der Waals surface area contributed by atoms with Gasteiger partial charge in [-0.15, -0.1) is 0 Å². The van der Waals surface area contributed by atoms with Gasteiger partial charge in [-0.25, -0.2) is 17.8 Å². The van der Waals surface area contributed by atoms with Crippen LogP contribution in [0, 0.1) is 5.82 Å². The number of halogens is 3. The van der Waals surface area contributed by atoms with E-state index in [0.717, 1.165) is 6.07 Å². The first-order chi connectivity index (χ1) is 9.85. The quantitative estimate of drug-likeness (QED) is 0.767. The molecule has 2 rings (SSSR count). The number of rotatable bonds is 4. The normalized spacial score (nSPS) is 11.4. The molecule has 0 amide bonds. The molecule has 2 aromatic rings. The van der Waals surface area contributed by atoms with Gasteiger partial charge in [0, 0.05) is 16.2 Å². The molecule has 0 unspecified atom stereocenters. The van der Waals surface area contributed by atoms with E-state index in [-0.39, 0.29) is 11.4 Å². The molecule has 112 valence electrons. The molecular formula is C12H9Br2FN2O3S. The highest BCUT2D eigenvalue weighted by Gasteiger charge is 2.23. The number of nitrogens with one attached hydrogen (secondary N) is 1. The molecule has 0 radical (unpaired) electrons. The lowest BCUT2D eigenvalue weighted by molar-refractivity contribution is 0.274. The van der Waals surface area contributed by atoms with Crippen molar-refractivity contribution in [3.05, 3.63) is 50.8 Å². The number of benzene rings is 1. The minimum atomic E-state index is -4.18. The summed E-state index contributed by atoms with van der Waals surface area (Å²) in [5.74, 6) is -0.956. The molecule has 0 saturated heterocycles. The van der Waals surface area contributed by atoms with Crippen molar-refractivity contribution in [3.63, 3.8) is 0 Å². The molecule has 0 aliphatic heterocycles. The van der Waals surface area contributed by atoms with Gasteiger partial charge in [0.2, 0.25) is 0 Å². The first-order valence-electron chi connectivity index (χ1n) is 5.57. The zero-order chi connectivity index (χ0) is 15.6. The zero-order valence-corrected chi connectivity index (χ0v) is 14.3. The molecule has 0 spiro atoms. The first kappa shape index (κ1) is 16.3. The molecule has 1 aromatic carbocycles. The average molecular weight is 440 g/mol. The molecule has 0 bridgehead atoms. The largest absolute Gasteiger partial charge is 0.392 e. The second kappa shape index (κ2) is 6.39. The van der Waals surface area contributed by atoms with Crippen molar-refractivity contribution in [3.8, 4) is 0 Å². The molecule has 0 fully saturated rings. The number of hydrogen-bond donors (Lipinski definition) is 2. The molecule has 9 heteroatoms. The molecule has 5 nitrogen and oxygen atoms in total. The van der Waals surface area contributed by atoms with Gasteiger partial charge in [-0.3, -0.25) is 4.72 Å². The fourth-order valence-corrected chi connectivity index (χ4v) is 3.89. The third-order valence-electron chi connectivity index (χ3n) is 2.53. The molecule has 0 aliphatic carbocycles. The Hall–Kier alpha value is -1.03. The van der Waals surface area contributed by atoms with Gasteiger partial charge in [-0.2, -0.15) is 0 Å². The standard InChI is InChI=1S/C12H9Br2FN2O3S/c13-8-4-7(6-18)11(15)10(5-8)21(19,20)17-12-9(14)2-1-3-16-12/h1-5,18H,6H2,(H,16,17). The Balaban J connectivity index is 2.50. The maximum absolute atomic E-state index is 14.1. The fourth-order valence-electron chi connectivity index (χ4n) is 1.57. The number of sulfonamides is 1. The molecular weight excluding hydrogens is 431 g/mol. The summed E-state index contributed by atoms with van der Waals surface area (Å²) in [5, 5.41) is 9.07. The van der Waals surface area contributed by atoms with Crippen LogP contribution in [0.4, 0.5) is 10.2 Å². The Morgan fingerprint density at radius 2 is 2.05 bits per heavy atom. The molecule has 1 aromatic heterocycles. The Labute approximate surface area is 137 Å². The number of aliphatic hydroxyl groups excluding tert-OH is 1. The van der Waals surface area contributed by atoms with E-state index in [1.807, 2.05) is 0 Å². The van der Waals surface area contributed by atoms with Crippen LogP contribution < -0.4 is 4.72 Å². The third-order valence-corrected chi connectivity index (χ3v) is 4.96. The lowest BCUT2D eigenvalue weighted by atomic mass is 10.2. The summed E-state index contributed by atoms with van der Waals surface area (Å²) in [4.78, 5) is 3.29. The molecule has 0 saturated carbocycles. The van der Waals surface area contributed by atoms with Gasteiger partial charge in [0.1, 0.15) is 10.7 Å². The van der Waals surface area contributed by atoms with Crippen molar-refractivity contribution < 1.29 is 17.9 Å². The van der Waals surface area contributed by atoms with Crippen molar-refractivity contribution in [1.82, 2.24) is 4.98 Å². The van der Waals surface area contributed by atoms with E-state index in [1.165, 1.54) is 12.3 Å². The number of aromatic nitrogens is 1. The number of hydrogen-bond acceptors (Lipinski definition) is 4. The van der Waals surface area contributed by atoms with Crippen LogP contribution >= 0.6 is 31.9 Å². The van der Waals surface area contributed by atoms with Crippen molar-refractivity contribution in [2.45, 2.75) is 11.5 Å². The molecule has 21 heavy (non-hydrogen) atoms. The van der Waals surface area contributed by atoms with Crippen LogP contribution in [0.3, 0.4) is 0 Å². The van der Waals surface area contributed by atoms with Crippen LogP contribution in [0.5, 0.6) is 0 Å². The van der Waals surface area contributed by atoms with Gasteiger partial charge < -0.3 is 5.11 Å². The third kappa shape index (κ3) is 3.60. The summed E-state index contributed by atoms with van der Waals surface area (Å²) >= 11 is 6.24. The zero-order valence-electron chi connectivity index (χ0n) is 10.3. The monoisotopic (exact) mass is 438 g/mol. The summed E-state index contributed by atoms with van der Waals surface area (Å²) < 4.78 is 41.6. The van der Waals surface area contributed by atoms with Crippen molar-refractivity contribution in [1.29, 1.82) is 0 Å². The summed E-state index contributed by atoms with van der Waals surface area (Å²) in [6.07, 6.45) is 1.40. The highest BCUT2D eigenvalue weighted by Crippen LogP contribution is 2.27. The van der Waals surface area contributed by atoms with E-state index in [9.17, 15) is 12.8 Å². The predicted octanol–water partition coefficient (Wildman–Crippen LogP) is 3.04. The average Bonchev–Trinajstić information content (AvgIpc) is 2.43. The van der Waals surface area contributed by atoms with Crippen LogP contribution in [0.25, 0.3) is 0 Å². The van der Waals surface area contributed by atoms with E-state index in [1.54, 1.807) is 12.1 Å². The Morgan fingerprint density at radius 3 is 2.67 bits per heavy atom. The van der Waals surface area contributed by atoms with Crippen LogP contribution in [0.15, 0.2) is 44.3 Å². The van der Waals surface area contributed by atoms with Gasteiger partial charge in [-0.1, -0.05) is 15.9 Å². The SMILES string of the molecule is O=S(=O)(Nc1ncccc1Br)c1cc(Br)cc(CO)c1F. The van der Waals surface area contributed by atoms with Crippen LogP contribution in [-0.2, 0) is 16.6 Å². The summed E-state index contributed by atoms with van der Waals surface area (Å²) in [5.41, 5.74) is -0.121. The van der Waals surface area contributed by atoms with Crippen LogP contribution in [-0.4, -0.2) is 18.5 Å².